The van der Waals surface area contributed by atoms with E-state index in [-0.39, 0.29) is 24.2 Å². The smallest absolute Gasteiger partial charge is 0.315 e. The molecule has 24 heavy (non-hydrogen) atoms. The molecule has 1 aromatic carbocycles. The second-order valence-corrected chi connectivity index (χ2v) is 6.13. The first-order chi connectivity index (χ1) is 11.7. The van der Waals surface area contributed by atoms with Crippen LogP contribution in [-0.4, -0.2) is 39.5 Å². The summed E-state index contributed by atoms with van der Waals surface area (Å²) in [6.07, 6.45) is 4.78. The van der Waals surface area contributed by atoms with Crippen LogP contribution in [0.2, 0.25) is 0 Å². The maximum atomic E-state index is 12.2. The van der Waals surface area contributed by atoms with Crippen molar-refractivity contribution in [1.82, 2.24) is 25.4 Å². The van der Waals surface area contributed by atoms with Gasteiger partial charge in [-0.25, -0.2) is 9.78 Å². The number of hydrogen-bond acceptors (Lipinski definition) is 4. The van der Waals surface area contributed by atoms with Gasteiger partial charge in [0.1, 0.15) is 12.7 Å². The van der Waals surface area contributed by atoms with Gasteiger partial charge in [0.2, 0.25) is 0 Å². The second-order valence-electron chi connectivity index (χ2n) is 6.13. The molecular weight excluding hydrogens is 306 g/mol. The van der Waals surface area contributed by atoms with E-state index in [1.807, 2.05) is 25.1 Å². The number of nitrogens with one attached hydrogen (secondary N) is 2. The molecular formula is C17H23N5O2. The van der Waals surface area contributed by atoms with E-state index in [2.05, 4.69) is 32.8 Å². The SMILES string of the molecule is C[C@H](Cn1cncn1)NC(=O)N[C@@H]1CCO[C@H](c2ccccc2)C1. The summed E-state index contributed by atoms with van der Waals surface area (Å²) in [6.45, 7) is 3.19. The Labute approximate surface area is 141 Å². The fraction of sp³-hybridized carbons (Fsp3) is 0.471. The zero-order chi connectivity index (χ0) is 16.8. The van der Waals surface area contributed by atoms with E-state index in [9.17, 15) is 4.79 Å². The molecule has 0 radical (unpaired) electrons. The van der Waals surface area contributed by atoms with Gasteiger partial charge < -0.3 is 15.4 Å². The van der Waals surface area contributed by atoms with Crippen molar-refractivity contribution in [3.05, 3.63) is 48.5 Å². The van der Waals surface area contributed by atoms with Gasteiger partial charge in [-0.3, -0.25) is 4.68 Å². The van der Waals surface area contributed by atoms with Gasteiger partial charge in [-0.05, 0) is 25.3 Å². The van der Waals surface area contributed by atoms with E-state index < -0.39 is 0 Å². The Balaban J connectivity index is 1.47. The number of carbonyl (C=O) groups excluding carboxylic acids is 1. The Morgan fingerprint density at radius 3 is 3.00 bits per heavy atom. The normalized spacial score (nSPS) is 21.9. The maximum Gasteiger partial charge on any atom is 0.315 e. The summed E-state index contributed by atoms with van der Waals surface area (Å²) in [5.41, 5.74) is 1.16. The Kier molecular flexibility index (Phi) is 5.43. The van der Waals surface area contributed by atoms with E-state index in [0.717, 1.165) is 18.4 Å². The molecule has 2 heterocycles. The number of nitrogens with zero attached hydrogens (tertiary/aromatic N) is 3. The van der Waals surface area contributed by atoms with Crippen LogP contribution in [0.25, 0.3) is 0 Å². The zero-order valence-corrected chi connectivity index (χ0v) is 13.8. The number of urea groups is 1. The maximum absolute atomic E-state index is 12.2. The molecule has 2 aromatic rings. The van der Waals surface area contributed by atoms with Gasteiger partial charge in [0.05, 0.1) is 12.6 Å². The standard InChI is InChI=1S/C17H23N5O2/c1-13(10-22-12-18-11-19-22)20-17(23)21-15-7-8-24-16(9-15)14-5-3-2-4-6-14/h2-6,11-13,15-16H,7-10H2,1H3,(H2,20,21,23)/t13-,15-,16+/m1/s1. The molecule has 128 valence electrons. The van der Waals surface area contributed by atoms with Crippen LogP contribution in [-0.2, 0) is 11.3 Å². The Bertz CT molecular complexity index is 632. The summed E-state index contributed by atoms with van der Waals surface area (Å²) in [7, 11) is 0. The lowest BCUT2D eigenvalue weighted by atomic mass is 9.97. The predicted molar refractivity (Wildman–Crippen MR) is 89.3 cm³/mol. The molecule has 1 aromatic heterocycles. The van der Waals surface area contributed by atoms with Crippen LogP contribution in [0.3, 0.4) is 0 Å². The lowest BCUT2D eigenvalue weighted by Crippen LogP contribution is -2.48. The van der Waals surface area contributed by atoms with Crippen molar-refractivity contribution in [3.63, 3.8) is 0 Å². The summed E-state index contributed by atoms with van der Waals surface area (Å²) in [6, 6.07) is 10.1. The molecule has 1 aliphatic heterocycles. The molecule has 3 rings (SSSR count). The molecule has 2 amide bonds. The van der Waals surface area contributed by atoms with Gasteiger partial charge in [-0.1, -0.05) is 30.3 Å². The van der Waals surface area contributed by atoms with E-state index in [4.69, 9.17) is 4.74 Å². The third-order valence-corrected chi connectivity index (χ3v) is 4.10. The van der Waals surface area contributed by atoms with E-state index in [1.165, 1.54) is 6.33 Å². The van der Waals surface area contributed by atoms with Gasteiger partial charge in [0.25, 0.3) is 0 Å². The number of carbonyl (C=O) groups is 1. The van der Waals surface area contributed by atoms with Crippen molar-refractivity contribution in [2.24, 2.45) is 0 Å². The van der Waals surface area contributed by atoms with Crippen LogP contribution in [0.4, 0.5) is 4.79 Å². The summed E-state index contributed by atoms with van der Waals surface area (Å²) in [5.74, 6) is 0. The number of amides is 2. The van der Waals surface area contributed by atoms with Crippen LogP contribution >= 0.6 is 0 Å². The Hall–Kier alpha value is -2.41. The predicted octanol–water partition coefficient (Wildman–Crippen LogP) is 1.89. The Morgan fingerprint density at radius 2 is 2.25 bits per heavy atom. The van der Waals surface area contributed by atoms with Gasteiger partial charge in [-0.15, -0.1) is 0 Å². The number of hydrogen-bond donors (Lipinski definition) is 2. The van der Waals surface area contributed by atoms with Crippen LogP contribution in [0.1, 0.15) is 31.4 Å². The molecule has 3 atom stereocenters. The first-order valence-corrected chi connectivity index (χ1v) is 8.26. The lowest BCUT2D eigenvalue weighted by molar-refractivity contribution is 0.00221. The van der Waals surface area contributed by atoms with Crippen LogP contribution < -0.4 is 10.6 Å². The molecule has 1 saturated heterocycles. The largest absolute Gasteiger partial charge is 0.373 e. The highest BCUT2D eigenvalue weighted by molar-refractivity contribution is 5.74. The van der Waals surface area contributed by atoms with Gasteiger partial charge >= 0.3 is 6.03 Å². The number of rotatable bonds is 5. The van der Waals surface area contributed by atoms with Crippen molar-refractivity contribution in [3.8, 4) is 0 Å². The average molecular weight is 329 g/mol. The van der Waals surface area contributed by atoms with Gasteiger partial charge in [0.15, 0.2) is 0 Å². The number of aromatic nitrogens is 3. The van der Waals surface area contributed by atoms with Crippen LogP contribution in [0.5, 0.6) is 0 Å². The van der Waals surface area contributed by atoms with Crippen molar-refractivity contribution in [1.29, 1.82) is 0 Å². The van der Waals surface area contributed by atoms with E-state index >= 15 is 0 Å². The molecule has 0 aliphatic carbocycles. The highest BCUT2D eigenvalue weighted by Crippen LogP contribution is 2.27. The third-order valence-electron chi connectivity index (χ3n) is 4.10. The van der Waals surface area contributed by atoms with E-state index in [1.54, 1.807) is 11.0 Å². The molecule has 1 fully saturated rings. The fourth-order valence-electron chi connectivity index (χ4n) is 2.93. The first-order valence-electron chi connectivity index (χ1n) is 8.26. The van der Waals surface area contributed by atoms with Gasteiger partial charge in [0, 0.05) is 18.7 Å². The molecule has 1 aliphatic rings. The lowest BCUT2D eigenvalue weighted by Gasteiger charge is -2.30. The molecule has 0 bridgehead atoms. The number of benzene rings is 1. The zero-order valence-electron chi connectivity index (χ0n) is 13.8. The van der Waals surface area contributed by atoms with Gasteiger partial charge in [-0.2, -0.15) is 5.10 Å². The third kappa shape index (κ3) is 4.55. The fourth-order valence-corrected chi connectivity index (χ4v) is 2.93. The molecule has 0 unspecified atom stereocenters. The molecule has 7 heteroatoms. The highest BCUT2D eigenvalue weighted by atomic mass is 16.5. The number of ether oxygens (including phenoxy) is 1. The molecule has 2 N–H and O–H groups in total. The molecule has 7 nitrogen and oxygen atoms in total. The summed E-state index contributed by atoms with van der Waals surface area (Å²) < 4.78 is 7.54. The minimum Gasteiger partial charge on any atom is -0.373 e. The van der Waals surface area contributed by atoms with Crippen LogP contribution in [0, 0.1) is 0 Å². The van der Waals surface area contributed by atoms with Crippen molar-refractivity contribution >= 4 is 6.03 Å². The second kappa shape index (κ2) is 7.92. The van der Waals surface area contributed by atoms with Crippen LogP contribution in [0.15, 0.2) is 43.0 Å². The minimum absolute atomic E-state index is 0.0311. The Morgan fingerprint density at radius 1 is 1.42 bits per heavy atom. The molecule has 0 spiro atoms. The average Bonchev–Trinajstić information content (AvgIpc) is 3.08. The van der Waals surface area contributed by atoms with Crippen molar-refractivity contribution in [2.45, 2.75) is 44.5 Å². The van der Waals surface area contributed by atoms with Crippen molar-refractivity contribution < 1.29 is 9.53 Å². The summed E-state index contributed by atoms with van der Waals surface area (Å²) in [4.78, 5) is 16.1. The monoisotopic (exact) mass is 329 g/mol. The quantitative estimate of drug-likeness (QED) is 0.878. The summed E-state index contributed by atoms with van der Waals surface area (Å²) >= 11 is 0. The van der Waals surface area contributed by atoms with E-state index in [0.29, 0.717) is 13.2 Å². The first kappa shape index (κ1) is 16.4. The summed E-state index contributed by atoms with van der Waals surface area (Å²) in [5, 5.41) is 10.0. The minimum atomic E-state index is -0.152. The topological polar surface area (TPSA) is 81.1 Å². The molecule has 0 saturated carbocycles. The highest BCUT2D eigenvalue weighted by Gasteiger charge is 2.25. The van der Waals surface area contributed by atoms with Crippen molar-refractivity contribution in [2.75, 3.05) is 6.61 Å².